The first-order valence-corrected chi connectivity index (χ1v) is 22.0. The van der Waals surface area contributed by atoms with Gasteiger partial charge >= 0.3 is 23.9 Å². The Morgan fingerprint density at radius 2 is 0.839 bits per heavy atom. The Labute approximate surface area is 339 Å². The van der Waals surface area contributed by atoms with E-state index >= 15 is 0 Å². The highest BCUT2D eigenvalue weighted by molar-refractivity contribution is 5.96. The van der Waals surface area contributed by atoms with Crippen molar-refractivity contribution in [1.29, 1.82) is 0 Å². The highest BCUT2D eigenvalue weighted by Crippen LogP contribution is 2.28. The van der Waals surface area contributed by atoms with Gasteiger partial charge in [-0.25, -0.2) is 19.2 Å². The molecule has 4 atom stereocenters. The molecule has 0 aromatic heterocycles. The van der Waals surface area contributed by atoms with Gasteiger partial charge < -0.3 is 19.7 Å². The predicted molar refractivity (Wildman–Crippen MR) is 228 cm³/mol. The smallest absolute Gasteiger partial charge is 0.338 e. The Morgan fingerprint density at radius 3 is 1.14 bits per heavy atom. The molecule has 2 aromatic carbocycles. The molecule has 56 heavy (non-hydrogen) atoms. The average Bonchev–Trinajstić information content (AvgIpc) is 3.20. The first-order chi connectivity index (χ1) is 26.9. The van der Waals surface area contributed by atoms with Crippen LogP contribution < -0.4 is 0 Å². The number of benzene rings is 2. The quantitative estimate of drug-likeness (QED) is 0.0817. The Balaban J connectivity index is 0.000000560. The minimum Gasteiger partial charge on any atom is -0.478 e. The summed E-state index contributed by atoms with van der Waals surface area (Å²) in [6.07, 6.45) is 18.8. The van der Waals surface area contributed by atoms with Gasteiger partial charge in [0.1, 0.15) is 0 Å². The first kappa shape index (κ1) is 50.3. The molecule has 0 fully saturated rings. The Bertz CT molecular complexity index is 1330. The largest absolute Gasteiger partial charge is 0.478 e. The summed E-state index contributed by atoms with van der Waals surface area (Å²) in [5, 5.41) is 19.4. The van der Waals surface area contributed by atoms with Crippen molar-refractivity contribution in [2.45, 2.75) is 171 Å². The van der Waals surface area contributed by atoms with Gasteiger partial charge in [-0.2, -0.15) is 0 Å². The zero-order valence-electron chi connectivity index (χ0n) is 36.3. The third kappa shape index (κ3) is 19.0. The van der Waals surface area contributed by atoms with Crippen molar-refractivity contribution in [2.75, 3.05) is 13.2 Å². The van der Waals surface area contributed by atoms with Crippen molar-refractivity contribution in [3.63, 3.8) is 0 Å². The number of ether oxygens (including phenoxy) is 2. The number of carbonyl (C=O) groups is 4. The van der Waals surface area contributed by atoms with Crippen LogP contribution in [0.1, 0.15) is 211 Å². The molecule has 2 aromatic rings. The third-order valence-corrected chi connectivity index (χ3v) is 11.2. The van der Waals surface area contributed by atoms with Gasteiger partial charge in [-0.1, -0.05) is 157 Å². The van der Waals surface area contributed by atoms with Crippen molar-refractivity contribution in [3.05, 3.63) is 69.8 Å². The van der Waals surface area contributed by atoms with Crippen LogP contribution in [0.15, 0.2) is 36.4 Å². The Kier molecular flexibility index (Phi) is 26.6. The molecule has 0 saturated heterocycles. The number of rotatable bonds is 28. The second kappa shape index (κ2) is 29.5. The van der Waals surface area contributed by atoms with Crippen molar-refractivity contribution in [1.82, 2.24) is 0 Å². The summed E-state index contributed by atoms with van der Waals surface area (Å²) in [7, 11) is 0. The Hall–Kier alpha value is -3.68. The SMILES string of the molecule is CCCCC(CC)COC(=O)c1cccc(C(=O)OCC(CC)CCCC)c1.CCCCC(CC)Cc1cc(C[C@H](CC)CCCC)c(C(=O)O)cc1C(=O)O. The van der Waals surface area contributed by atoms with Gasteiger partial charge in [0.05, 0.1) is 35.5 Å². The van der Waals surface area contributed by atoms with Crippen LogP contribution in [0.3, 0.4) is 0 Å². The predicted octanol–water partition coefficient (Wildman–Crippen LogP) is 13.0. The van der Waals surface area contributed by atoms with Crippen molar-refractivity contribution in [3.8, 4) is 0 Å². The molecule has 0 radical (unpaired) electrons. The number of hydrogen-bond acceptors (Lipinski definition) is 6. The lowest BCUT2D eigenvalue weighted by Crippen LogP contribution is -2.16. The van der Waals surface area contributed by atoms with Crippen molar-refractivity contribution >= 4 is 23.9 Å². The van der Waals surface area contributed by atoms with Gasteiger partial charge in [0, 0.05) is 0 Å². The van der Waals surface area contributed by atoms with Crippen LogP contribution in [-0.2, 0) is 22.3 Å². The fourth-order valence-electron chi connectivity index (χ4n) is 7.06. The topological polar surface area (TPSA) is 127 Å². The number of esters is 2. The van der Waals surface area contributed by atoms with E-state index in [1.165, 1.54) is 6.07 Å². The van der Waals surface area contributed by atoms with Crippen LogP contribution in [0.5, 0.6) is 0 Å². The summed E-state index contributed by atoms with van der Waals surface area (Å²) in [5.74, 6) is -1.16. The molecule has 0 amide bonds. The molecular formula is C48H76O8. The Morgan fingerprint density at radius 1 is 0.500 bits per heavy atom. The number of carbonyl (C=O) groups excluding carboxylic acids is 2. The van der Waals surface area contributed by atoms with E-state index in [1.54, 1.807) is 24.3 Å². The van der Waals surface area contributed by atoms with Gasteiger partial charge in [-0.15, -0.1) is 0 Å². The van der Waals surface area contributed by atoms with Crippen LogP contribution in [0.25, 0.3) is 0 Å². The van der Waals surface area contributed by atoms with E-state index in [1.807, 2.05) is 6.07 Å². The zero-order chi connectivity index (χ0) is 41.9. The number of unbranched alkanes of at least 4 members (excludes halogenated alkanes) is 4. The van der Waals surface area contributed by atoms with Gasteiger partial charge in [0.15, 0.2) is 0 Å². The fourth-order valence-corrected chi connectivity index (χ4v) is 7.06. The van der Waals surface area contributed by atoms with Crippen LogP contribution in [0.4, 0.5) is 0 Å². The lowest BCUT2D eigenvalue weighted by molar-refractivity contribution is 0.0424. The summed E-state index contributed by atoms with van der Waals surface area (Å²) >= 11 is 0. The van der Waals surface area contributed by atoms with Crippen LogP contribution in [0.2, 0.25) is 0 Å². The standard InChI is InChI=1S/2C24H38O4/c1-5-9-12-19(7-3)17-27-23(25)21-14-11-15-22(16-21)24(26)28-18-20(8-4)13-10-6-2;1-5-9-11-17(7-3)13-19-15-20(14-18(8-4)12-10-6-2)22(24(27)28)16-21(19)23(25)26/h11,14-16,19-20H,5-10,12-13,17-18H2,1-4H3;15-18H,5-14H2,1-4H3,(H,25,26)(H,27,28)/t;17-,18?/m.1/s1. The summed E-state index contributed by atoms with van der Waals surface area (Å²) in [5.41, 5.74) is 2.69. The minimum atomic E-state index is -1.03. The maximum Gasteiger partial charge on any atom is 0.338 e. The number of carboxylic acid groups (broad SMARTS) is 2. The van der Waals surface area contributed by atoms with E-state index in [-0.39, 0.29) is 23.1 Å². The normalized spacial score (nSPS) is 13.1. The average molecular weight is 781 g/mol. The molecule has 0 aliphatic carbocycles. The van der Waals surface area contributed by atoms with Crippen LogP contribution in [-0.4, -0.2) is 47.3 Å². The lowest BCUT2D eigenvalue weighted by atomic mass is 9.84. The number of hydrogen-bond donors (Lipinski definition) is 2. The minimum absolute atomic E-state index is 0.151. The van der Waals surface area contributed by atoms with Crippen LogP contribution >= 0.6 is 0 Å². The first-order valence-electron chi connectivity index (χ1n) is 22.0. The molecule has 316 valence electrons. The van der Waals surface area contributed by atoms with Gasteiger partial charge in [-0.3, -0.25) is 0 Å². The van der Waals surface area contributed by atoms with E-state index in [9.17, 15) is 29.4 Å². The van der Waals surface area contributed by atoms with Gasteiger partial charge in [0.2, 0.25) is 0 Å². The molecule has 2 N–H and O–H groups in total. The van der Waals surface area contributed by atoms with Gasteiger partial charge in [-0.05, 0) is 84.7 Å². The summed E-state index contributed by atoms with van der Waals surface area (Å²) in [4.78, 5) is 48.4. The van der Waals surface area contributed by atoms with Crippen molar-refractivity contribution < 1.29 is 38.9 Å². The monoisotopic (exact) mass is 781 g/mol. The molecule has 0 saturated carbocycles. The van der Waals surface area contributed by atoms with E-state index in [2.05, 4.69) is 55.4 Å². The van der Waals surface area contributed by atoms with Gasteiger partial charge in [0.25, 0.3) is 0 Å². The van der Waals surface area contributed by atoms with E-state index < -0.39 is 11.9 Å². The molecule has 0 aliphatic heterocycles. The molecule has 0 heterocycles. The number of carboxylic acids is 2. The highest BCUT2D eigenvalue weighted by Gasteiger charge is 2.22. The molecule has 0 bridgehead atoms. The highest BCUT2D eigenvalue weighted by atomic mass is 16.5. The van der Waals surface area contributed by atoms with E-state index in [0.717, 1.165) is 114 Å². The molecule has 8 heteroatoms. The molecule has 0 spiro atoms. The summed E-state index contributed by atoms with van der Waals surface area (Å²) in [6.45, 7) is 18.0. The van der Waals surface area contributed by atoms with E-state index in [0.29, 0.717) is 60.9 Å². The maximum atomic E-state index is 12.4. The second-order valence-corrected chi connectivity index (χ2v) is 15.6. The molecule has 0 aliphatic rings. The zero-order valence-corrected chi connectivity index (χ0v) is 36.3. The molecule has 3 unspecified atom stereocenters. The molecule has 8 nitrogen and oxygen atoms in total. The summed E-state index contributed by atoms with van der Waals surface area (Å²) < 4.78 is 11.0. The fraction of sp³-hybridized carbons (Fsp3) is 0.667. The van der Waals surface area contributed by atoms with Crippen molar-refractivity contribution in [2.24, 2.45) is 23.7 Å². The van der Waals surface area contributed by atoms with E-state index in [4.69, 9.17) is 9.47 Å². The number of aromatic carboxylic acids is 2. The van der Waals surface area contributed by atoms with Crippen LogP contribution in [0, 0.1) is 23.7 Å². The molecular weight excluding hydrogens is 705 g/mol. The third-order valence-electron chi connectivity index (χ3n) is 11.2. The lowest BCUT2D eigenvalue weighted by Gasteiger charge is -2.20. The summed E-state index contributed by atoms with van der Waals surface area (Å²) in [6, 6.07) is 9.93. The molecule has 2 rings (SSSR count). The maximum absolute atomic E-state index is 12.4. The second-order valence-electron chi connectivity index (χ2n) is 15.6.